The molecule has 3 N–H and O–H groups in total. The summed E-state index contributed by atoms with van der Waals surface area (Å²) in [7, 11) is 0. The van der Waals surface area contributed by atoms with E-state index in [-0.39, 0.29) is 30.0 Å². The Morgan fingerprint density at radius 3 is 2.64 bits per heavy atom. The highest BCUT2D eigenvalue weighted by Crippen LogP contribution is 2.38. The Morgan fingerprint density at radius 1 is 1.08 bits per heavy atom. The molecule has 1 fully saturated rings. The van der Waals surface area contributed by atoms with Crippen molar-refractivity contribution in [2.75, 3.05) is 5.32 Å². The monoisotopic (exact) mass is 504 g/mol. The van der Waals surface area contributed by atoms with Crippen LogP contribution >= 0.6 is 11.6 Å². The predicted molar refractivity (Wildman–Crippen MR) is 136 cm³/mol. The standard InChI is InChI=1S/C27H25ClN4O4/c28-21-9-4-3-8-18(21)16-29-27(35)32-23(17-6-1-2-7-17)15-22(31-32)20-14-19(11-12-24(20)33)30-26(34)25-10-5-13-36-25/h3-5,8-15,17,33H,1-2,6-7,16H2,(H,29,35)(H,30,34). The Hall–Kier alpha value is -4.04. The Bertz CT molecular complexity index is 1390. The van der Waals surface area contributed by atoms with Crippen molar-refractivity contribution in [3.63, 3.8) is 0 Å². The molecule has 0 unspecified atom stereocenters. The zero-order chi connectivity index (χ0) is 25.1. The normalized spacial score (nSPS) is 13.6. The molecule has 2 heterocycles. The number of hydrogen-bond acceptors (Lipinski definition) is 5. The van der Waals surface area contributed by atoms with Crippen LogP contribution in [0.2, 0.25) is 5.02 Å². The average molecular weight is 505 g/mol. The highest BCUT2D eigenvalue weighted by molar-refractivity contribution is 6.31. The van der Waals surface area contributed by atoms with Gasteiger partial charge in [0, 0.05) is 28.7 Å². The Balaban J connectivity index is 1.43. The van der Waals surface area contributed by atoms with Crippen molar-refractivity contribution in [2.24, 2.45) is 0 Å². The molecule has 0 atom stereocenters. The largest absolute Gasteiger partial charge is 0.507 e. The topological polar surface area (TPSA) is 109 Å². The van der Waals surface area contributed by atoms with Crippen LogP contribution in [-0.2, 0) is 6.54 Å². The summed E-state index contributed by atoms with van der Waals surface area (Å²) >= 11 is 6.24. The number of halogens is 1. The first-order valence-electron chi connectivity index (χ1n) is 11.8. The summed E-state index contributed by atoms with van der Waals surface area (Å²) in [6.45, 7) is 0.261. The first-order valence-corrected chi connectivity index (χ1v) is 12.2. The van der Waals surface area contributed by atoms with Crippen molar-refractivity contribution >= 4 is 29.2 Å². The number of aromatic hydroxyl groups is 1. The first-order chi connectivity index (χ1) is 17.5. The van der Waals surface area contributed by atoms with Crippen LogP contribution in [0.25, 0.3) is 11.3 Å². The van der Waals surface area contributed by atoms with E-state index in [0.717, 1.165) is 36.9 Å². The predicted octanol–water partition coefficient (Wildman–Crippen LogP) is 6.17. The van der Waals surface area contributed by atoms with Gasteiger partial charge < -0.3 is 20.2 Å². The number of rotatable bonds is 6. The zero-order valence-corrected chi connectivity index (χ0v) is 20.2. The molecular weight excluding hydrogens is 480 g/mol. The number of carbonyl (C=O) groups is 2. The van der Waals surface area contributed by atoms with E-state index in [1.54, 1.807) is 30.3 Å². The van der Waals surface area contributed by atoms with Crippen LogP contribution in [0.15, 0.2) is 71.3 Å². The molecule has 1 saturated carbocycles. The molecule has 0 aliphatic heterocycles. The van der Waals surface area contributed by atoms with Crippen molar-refractivity contribution < 1.29 is 19.1 Å². The molecule has 8 nitrogen and oxygen atoms in total. The molecule has 1 aliphatic rings. The Morgan fingerprint density at radius 2 is 1.89 bits per heavy atom. The maximum absolute atomic E-state index is 13.2. The van der Waals surface area contributed by atoms with Gasteiger partial charge in [0.1, 0.15) is 5.75 Å². The van der Waals surface area contributed by atoms with Crippen LogP contribution < -0.4 is 10.6 Å². The highest BCUT2D eigenvalue weighted by Gasteiger charge is 2.26. The molecule has 2 amide bonds. The number of aromatic nitrogens is 2. The molecule has 36 heavy (non-hydrogen) atoms. The fourth-order valence-electron chi connectivity index (χ4n) is 4.51. The van der Waals surface area contributed by atoms with Gasteiger partial charge in [-0.15, -0.1) is 0 Å². The third-order valence-electron chi connectivity index (χ3n) is 6.37. The van der Waals surface area contributed by atoms with Gasteiger partial charge in [0.25, 0.3) is 5.91 Å². The van der Waals surface area contributed by atoms with E-state index in [1.165, 1.54) is 17.0 Å². The number of amides is 2. The van der Waals surface area contributed by atoms with Crippen LogP contribution in [-0.4, -0.2) is 26.8 Å². The molecule has 0 bridgehead atoms. The van der Waals surface area contributed by atoms with E-state index in [1.807, 2.05) is 24.3 Å². The van der Waals surface area contributed by atoms with Crippen molar-refractivity contribution in [3.8, 4) is 17.0 Å². The minimum absolute atomic E-state index is 0.00917. The maximum atomic E-state index is 13.2. The highest BCUT2D eigenvalue weighted by atomic mass is 35.5. The minimum Gasteiger partial charge on any atom is -0.507 e. The van der Waals surface area contributed by atoms with Crippen molar-refractivity contribution in [1.82, 2.24) is 15.1 Å². The molecule has 0 saturated heterocycles. The van der Waals surface area contributed by atoms with Crippen LogP contribution in [0.1, 0.15) is 53.4 Å². The summed E-state index contributed by atoms with van der Waals surface area (Å²) in [5.41, 5.74) is 2.91. The summed E-state index contributed by atoms with van der Waals surface area (Å²) in [6, 6.07) is 16.7. The van der Waals surface area contributed by atoms with E-state index in [4.69, 9.17) is 16.0 Å². The van der Waals surface area contributed by atoms with Gasteiger partial charge in [0.2, 0.25) is 0 Å². The molecule has 4 aromatic rings. The van der Waals surface area contributed by atoms with Gasteiger partial charge in [0.05, 0.1) is 17.7 Å². The number of phenols is 1. The van der Waals surface area contributed by atoms with Gasteiger partial charge in [-0.1, -0.05) is 42.6 Å². The fraction of sp³-hybridized carbons (Fsp3) is 0.222. The number of hydrogen-bond donors (Lipinski definition) is 3. The lowest BCUT2D eigenvalue weighted by atomic mass is 10.0. The van der Waals surface area contributed by atoms with Gasteiger partial charge in [-0.05, 0) is 60.9 Å². The molecule has 0 radical (unpaired) electrons. The fourth-order valence-corrected chi connectivity index (χ4v) is 4.71. The van der Waals surface area contributed by atoms with Gasteiger partial charge in [-0.25, -0.2) is 4.79 Å². The first kappa shape index (κ1) is 23.7. The third kappa shape index (κ3) is 4.99. The summed E-state index contributed by atoms with van der Waals surface area (Å²) in [6.07, 6.45) is 5.53. The summed E-state index contributed by atoms with van der Waals surface area (Å²) in [5.74, 6) is -0.0493. The average Bonchev–Trinajstić information content (AvgIpc) is 3.66. The van der Waals surface area contributed by atoms with Gasteiger partial charge in [-0.2, -0.15) is 9.78 Å². The van der Waals surface area contributed by atoms with E-state index >= 15 is 0 Å². The summed E-state index contributed by atoms with van der Waals surface area (Å²) in [4.78, 5) is 25.6. The van der Waals surface area contributed by atoms with Gasteiger partial charge in [-0.3, -0.25) is 4.79 Å². The molecule has 5 rings (SSSR count). The lowest BCUT2D eigenvalue weighted by molar-refractivity contribution is 0.0996. The lowest BCUT2D eigenvalue weighted by Gasteiger charge is -2.12. The summed E-state index contributed by atoms with van der Waals surface area (Å²) in [5, 5.41) is 21.4. The van der Waals surface area contributed by atoms with Crippen LogP contribution in [0.5, 0.6) is 5.75 Å². The van der Waals surface area contributed by atoms with Gasteiger partial charge >= 0.3 is 6.03 Å². The van der Waals surface area contributed by atoms with E-state index in [2.05, 4.69) is 15.7 Å². The molecule has 184 valence electrons. The van der Waals surface area contributed by atoms with E-state index < -0.39 is 5.91 Å². The molecule has 2 aromatic carbocycles. The number of carbonyl (C=O) groups excluding carboxylic acids is 2. The second-order valence-corrected chi connectivity index (χ2v) is 9.17. The van der Waals surface area contributed by atoms with Crippen LogP contribution in [0.4, 0.5) is 10.5 Å². The quantitative estimate of drug-likeness (QED) is 0.272. The summed E-state index contributed by atoms with van der Waals surface area (Å²) < 4.78 is 6.53. The van der Waals surface area contributed by atoms with Crippen molar-refractivity contribution in [2.45, 2.75) is 38.1 Å². The van der Waals surface area contributed by atoms with Crippen LogP contribution in [0.3, 0.4) is 0 Å². The smallest absolute Gasteiger partial charge is 0.342 e. The van der Waals surface area contributed by atoms with E-state index in [0.29, 0.717) is 22.0 Å². The minimum atomic E-state index is -0.409. The van der Waals surface area contributed by atoms with Crippen molar-refractivity contribution in [1.29, 1.82) is 0 Å². The van der Waals surface area contributed by atoms with Gasteiger partial charge in [0.15, 0.2) is 5.76 Å². The molecular formula is C27H25ClN4O4. The SMILES string of the molecule is O=C(Nc1ccc(O)c(-c2cc(C3CCCC3)n(C(=O)NCc3ccccc3Cl)n2)c1)c1ccco1. The zero-order valence-electron chi connectivity index (χ0n) is 19.4. The number of anilines is 1. The second-order valence-electron chi connectivity index (χ2n) is 8.76. The maximum Gasteiger partial charge on any atom is 0.342 e. The molecule has 1 aliphatic carbocycles. The number of nitrogens with one attached hydrogen (secondary N) is 2. The second kappa shape index (κ2) is 10.3. The lowest BCUT2D eigenvalue weighted by Crippen LogP contribution is -2.30. The van der Waals surface area contributed by atoms with Crippen LogP contribution in [0, 0.1) is 0 Å². The number of phenolic OH excluding ortho intramolecular Hbond substituents is 1. The number of furan rings is 1. The molecule has 9 heteroatoms. The number of benzene rings is 2. The van der Waals surface area contributed by atoms with E-state index in [9.17, 15) is 14.7 Å². The Kier molecular flexibility index (Phi) is 6.77. The number of nitrogens with zero attached hydrogens (tertiary/aromatic N) is 2. The van der Waals surface area contributed by atoms with Crippen molar-refractivity contribution in [3.05, 3.63) is 89.0 Å². The molecule has 0 spiro atoms. The molecule has 2 aromatic heterocycles. The third-order valence-corrected chi connectivity index (χ3v) is 6.73. The Labute approximate surface area is 212 Å².